The van der Waals surface area contributed by atoms with Gasteiger partial charge in [0, 0.05) is 12.1 Å². The molecule has 2 rings (SSSR count). The number of hydrogen-bond acceptors (Lipinski definition) is 5. The van der Waals surface area contributed by atoms with E-state index in [1.807, 2.05) is 10.6 Å². The molecule has 0 fully saturated rings. The van der Waals surface area contributed by atoms with Crippen molar-refractivity contribution in [1.82, 2.24) is 10.3 Å². The van der Waals surface area contributed by atoms with Crippen molar-refractivity contribution < 1.29 is 40.2 Å². The number of urea groups is 1. The third kappa shape index (κ3) is 3.67. The number of carbonyl (C=O) groups is 1. The largest absolute Gasteiger partial charge is 0.452 e. The van der Waals surface area contributed by atoms with Crippen LogP contribution in [-0.4, -0.2) is 16.3 Å². The van der Waals surface area contributed by atoms with Crippen molar-refractivity contribution in [3.8, 4) is 0 Å². The number of halogens is 6. The molecule has 22 heavy (non-hydrogen) atoms. The highest BCUT2D eigenvalue weighted by Gasteiger charge is 2.37. The second-order valence-electron chi connectivity index (χ2n) is 3.73. The lowest BCUT2D eigenvalue weighted by Crippen LogP contribution is -2.19. The zero-order valence-corrected chi connectivity index (χ0v) is 10.0. The Morgan fingerprint density at radius 2 is 1.23 bits per heavy atom. The second kappa shape index (κ2) is 5.23. The summed E-state index contributed by atoms with van der Waals surface area (Å²) in [6, 6.07) is -0.406. The zero-order chi connectivity index (χ0) is 16.5. The minimum atomic E-state index is -4.79. The molecule has 2 heterocycles. The third-order valence-electron chi connectivity index (χ3n) is 2.06. The van der Waals surface area contributed by atoms with Crippen LogP contribution in [0, 0.1) is 0 Å². The van der Waals surface area contributed by atoms with Crippen molar-refractivity contribution in [2.75, 3.05) is 10.6 Å². The summed E-state index contributed by atoms with van der Waals surface area (Å²) in [6.07, 6.45) is -9.59. The number of rotatable bonds is 2. The zero-order valence-electron chi connectivity index (χ0n) is 10.0. The lowest BCUT2D eigenvalue weighted by molar-refractivity contribution is -0.156. The molecule has 120 valence electrons. The van der Waals surface area contributed by atoms with Crippen LogP contribution in [0.3, 0.4) is 0 Å². The van der Waals surface area contributed by atoms with E-state index in [-0.39, 0.29) is 0 Å². The summed E-state index contributed by atoms with van der Waals surface area (Å²) >= 11 is 0. The van der Waals surface area contributed by atoms with Gasteiger partial charge >= 0.3 is 18.4 Å². The van der Waals surface area contributed by atoms with Gasteiger partial charge in [-0.1, -0.05) is 10.3 Å². The number of anilines is 2. The van der Waals surface area contributed by atoms with Crippen LogP contribution in [0.15, 0.2) is 21.2 Å². The molecule has 0 aliphatic heterocycles. The quantitative estimate of drug-likeness (QED) is 0.824. The van der Waals surface area contributed by atoms with E-state index >= 15 is 0 Å². The fourth-order valence-corrected chi connectivity index (χ4v) is 1.20. The van der Waals surface area contributed by atoms with Crippen molar-refractivity contribution in [3.05, 3.63) is 23.7 Å². The molecular formula is C9H4F6N4O3. The number of aromatic nitrogens is 2. The number of carbonyl (C=O) groups excluding carboxylic acids is 1. The van der Waals surface area contributed by atoms with E-state index in [1.165, 1.54) is 0 Å². The lowest BCUT2D eigenvalue weighted by atomic mass is 10.4. The van der Waals surface area contributed by atoms with Crippen LogP contribution < -0.4 is 10.6 Å². The first-order chi connectivity index (χ1) is 10.1. The first-order valence-corrected chi connectivity index (χ1v) is 5.21. The number of alkyl halides is 6. The summed E-state index contributed by atoms with van der Waals surface area (Å²) in [4.78, 5) is 11.4. The Bertz CT molecular complexity index is 617. The molecule has 0 aliphatic carbocycles. The Morgan fingerprint density at radius 3 is 1.50 bits per heavy atom. The van der Waals surface area contributed by atoms with Crippen molar-refractivity contribution in [2.45, 2.75) is 12.4 Å². The summed E-state index contributed by atoms with van der Waals surface area (Å²) in [6.45, 7) is 0. The van der Waals surface area contributed by atoms with Gasteiger partial charge in [0.2, 0.25) is 11.5 Å². The van der Waals surface area contributed by atoms with Gasteiger partial charge < -0.3 is 9.05 Å². The summed E-state index contributed by atoms with van der Waals surface area (Å²) in [7, 11) is 0. The summed E-state index contributed by atoms with van der Waals surface area (Å²) in [5.74, 6) is -4.10. The van der Waals surface area contributed by atoms with Gasteiger partial charge in [-0.05, 0) is 0 Å². The van der Waals surface area contributed by atoms with E-state index in [2.05, 4.69) is 19.4 Å². The van der Waals surface area contributed by atoms with Crippen molar-refractivity contribution in [2.24, 2.45) is 0 Å². The van der Waals surface area contributed by atoms with Crippen molar-refractivity contribution in [3.63, 3.8) is 0 Å². The molecular weight excluding hydrogens is 326 g/mol. The average molecular weight is 330 g/mol. The van der Waals surface area contributed by atoms with E-state index < -0.39 is 41.5 Å². The molecule has 0 aliphatic rings. The highest BCUT2D eigenvalue weighted by atomic mass is 19.4. The predicted molar refractivity (Wildman–Crippen MR) is 55.7 cm³/mol. The van der Waals surface area contributed by atoms with E-state index in [0.29, 0.717) is 12.1 Å². The molecule has 2 aromatic rings. The van der Waals surface area contributed by atoms with E-state index in [1.54, 1.807) is 0 Å². The second-order valence-corrected chi connectivity index (χ2v) is 3.73. The van der Waals surface area contributed by atoms with E-state index in [9.17, 15) is 31.1 Å². The predicted octanol–water partition coefficient (Wildman–Crippen LogP) is 3.34. The molecule has 0 spiro atoms. The molecule has 0 unspecified atom stereocenters. The van der Waals surface area contributed by atoms with Gasteiger partial charge in [-0.15, -0.1) is 0 Å². The minimum absolute atomic E-state index is 0.392. The van der Waals surface area contributed by atoms with Crippen molar-refractivity contribution >= 4 is 17.7 Å². The van der Waals surface area contributed by atoms with Gasteiger partial charge in [-0.2, -0.15) is 26.3 Å². The molecule has 0 saturated heterocycles. The third-order valence-corrected chi connectivity index (χ3v) is 2.06. The Hall–Kier alpha value is -2.73. The summed E-state index contributed by atoms with van der Waals surface area (Å²) < 4.78 is 81.1. The minimum Gasteiger partial charge on any atom is -0.349 e. The van der Waals surface area contributed by atoms with E-state index in [4.69, 9.17) is 0 Å². The molecule has 7 nitrogen and oxygen atoms in total. The summed E-state index contributed by atoms with van der Waals surface area (Å²) in [5.41, 5.74) is 0. The van der Waals surface area contributed by atoms with Crippen LogP contribution in [0.5, 0.6) is 0 Å². The monoisotopic (exact) mass is 330 g/mol. The molecule has 0 atom stereocenters. The highest BCUT2D eigenvalue weighted by molar-refractivity contribution is 5.98. The van der Waals surface area contributed by atoms with Gasteiger partial charge in [0.15, 0.2) is 11.6 Å². The van der Waals surface area contributed by atoms with Crippen LogP contribution in [0.2, 0.25) is 0 Å². The maximum atomic E-state index is 12.2. The molecule has 2 N–H and O–H groups in total. The summed E-state index contributed by atoms with van der Waals surface area (Å²) in [5, 5.41) is 9.46. The topological polar surface area (TPSA) is 93.2 Å². The van der Waals surface area contributed by atoms with Gasteiger partial charge in [0.1, 0.15) is 0 Å². The smallest absolute Gasteiger partial charge is 0.349 e. The molecule has 0 radical (unpaired) electrons. The van der Waals surface area contributed by atoms with Gasteiger partial charge in [0.05, 0.1) is 0 Å². The fraction of sp³-hybridized carbons (Fsp3) is 0.222. The highest BCUT2D eigenvalue weighted by Crippen LogP contribution is 2.31. The normalized spacial score (nSPS) is 12.3. The molecule has 2 amide bonds. The lowest BCUT2D eigenvalue weighted by Gasteiger charge is -2.00. The standard InChI is InChI=1S/C9H4F6N4O3/c10-8(11,12)3-1-5(18-21-3)16-7(20)17-6-2-4(22-19-6)9(13,14)15/h1-2H,(H2,16,17,18,19,20). The fourth-order valence-electron chi connectivity index (χ4n) is 1.20. The number of hydrogen-bond donors (Lipinski definition) is 2. The van der Waals surface area contributed by atoms with Crippen LogP contribution in [-0.2, 0) is 12.4 Å². The Kier molecular flexibility index (Phi) is 3.72. The van der Waals surface area contributed by atoms with Crippen LogP contribution in [0.4, 0.5) is 42.8 Å². The Balaban J connectivity index is 1.99. The number of amides is 2. The maximum absolute atomic E-state index is 12.2. The molecule has 13 heteroatoms. The average Bonchev–Trinajstić information content (AvgIpc) is 2.96. The molecule has 0 saturated carbocycles. The number of nitrogens with zero attached hydrogens (tertiary/aromatic N) is 2. The maximum Gasteiger partial charge on any atom is 0.452 e. The SMILES string of the molecule is O=C(Nc1cc(C(F)(F)F)on1)Nc1cc(C(F)(F)F)on1. The van der Waals surface area contributed by atoms with Gasteiger partial charge in [0.25, 0.3) is 0 Å². The molecule has 2 aromatic heterocycles. The Labute approximate surface area is 116 Å². The first-order valence-electron chi connectivity index (χ1n) is 5.21. The van der Waals surface area contributed by atoms with Crippen LogP contribution >= 0.6 is 0 Å². The Morgan fingerprint density at radius 1 is 0.864 bits per heavy atom. The van der Waals surface area contributed by atoms with Crippen LogP contribution in [0.1, 0.15) is 11.5 Å². The van der Waals surface area contributed by atoms with Gasteiger partial charge in [-0.3, -0.25) is 10.6 Å². The van der Waals surface area contributed by atoms with Crippen LogP contribution in [0.25, 0.3) is 0 Å². The first kappa shape index (κ1) is 15.7. The molecule has 0 bridgehead atoms. The molecule has 0 aromatic carbocycles. The van der Waals surface area contributed by atoms with Gasteiger partial charge in [-0.25, -0.2) is 4.79 Å². The van der Waals surface area contributed by atoms with Crippen molar-refractivity contribution in [1.29, 1.82) is 0 Å². The van der Waals surface area contributed by atoms with E-state index in [0.717, 1.165) is 0 Å². The number of nitrogens with one attached hydrogen (secondary N) is 2.